The zero-order valence-corrected chi connectivity index (χ0v) is 12.1. The van der Waals surface area contributed by atoms with Crippen molar-refractivity contribution in [1.82, 2.24) is 9.78 Å². The van der Waals surface area contributed by atoms with Crippen LogP contribution in [-0.2, 0) is 11.8 Å². The number of aromatic nitrogens is 2. The van der Waals surface area contributed by atoms with Crippen molar-refractivity contribution >= 4 is 29.4 Å². The highest BCUT2D eigenvalue weighted by Gasteiger charge is 2.18. The van der Waals surface area contributed by atoms with Gasteiger partial charge in [-0.25, -0.2) is 0 Å². The Morgan fingerprint density at radius 3 is 3.00 bits per heavy atom. The van der Waals surface area contributed by atoms with Crippen LogP contribution < -0.4 is 10.6 Å². The lowest BCUT2D eigenvalue weighted by Crippen LogP contribution is -2.19. The Morgan fingerprint density at radius 2 is 2.24 bits per heavy atom. The molecule has 1 amide bonds. The maximum absolute atomic E-state index is 11.8. The quantitative estimate of drug-likeness (QED) is 0.890. The lowest BCUT2D eigenvalue weighted by Gasteiger charge is -2.14. The largest absolute Gasteiger partial charge is 0.380 e. The smallest absolute Gasteiger partial charge is 0.226 e. The zero-order chi connectivity index (χ0) is 14.8. The molecule has 0 spiro atoms. The van der Waals surface area contributed by atoms with Crippen LogP contribution in [0.5, 0.6) is 0 Å². The van der Waals surface area contributed by atoms with Gasteiger partial charge in [0.05, 0.1) is 17.6 Å². The number of aryl methyl sites for hydroxylation is 1. The number of amides is 1. The summed E-state index contributed by atoms with van der Waals surface area (Å²) in [5, 5.41) is 10.5. The number of carbonyl (C=O) groups is 1. The van der Waals surface area contributed by atoms with Crippen molar-refractivity contribution in [3.63, 3.8) is 0 Å². The first-order valence-electron chi connectivity index (χ1n) is 6.98. The predicted molar refractivity (Wildman–Crippen MR) is 84.9 cm³/mol. The zero-order valence-electron chi connectivity index (χ0n) is 12.1. The maximum Gasteiger partial charge on any atom is 0.226 e. The van der Waals surface area contributed by atoms with E-state index in [4.69, 9.17) is 0 Å². The molecular formula is C16H18N4O. The molecule has 1 atom stereocenters. The number of benzene rings is 1. The van der Waals surface area contributed by atoms with Gasteiger partial charge >= 0.3 is 0 Å². The summed E-state index contributed by atoms with van der Waals surface area (Å²) in [6.45, 7) is 2.01. The Labute approximate surface area is 123 Å². The fraction of sp³-hybridized carbons (Fsp3) is 0.250. The molecule has 1 aromatic carbocycles. The molecule has 108 valence electrons. The number of hydrogen-bond acceptors (Lipinski definition) is 3. The van der Waals surface area contributed by atoms with E-state index in [9.17, 15) is 4.79 Å². The molecule has 2 aromatic rings. The third-order valence-corrected chi connectivity index (χ3v) is 3.43. The number of nitrogens with one attached hydrogen (secondary N) is 2. The molecule has 0 fully saturated rings. The first-order chi connectivity index (χ1) is 10.1. The third kappa shape index (κ3) is 2.97. The molecule has 2 heterocycles. The van der Waals surface area contributed by atoms with E-state index in [1.807, 2.05) is 56.7 Å². The van der Waals surface area contributed by atoms with Crippen LogP contribution in [0.3, 0.4) is 0 Å². The fourth-order valence-corrected chi connectivity index (χ4v) is 2.46. The summed E-state index contributed by atoms with van der Waals surface area (Å²) in [6.07, 6.45) is 8.29. The normalized spacial score (nSPS) is 18.0. The molecule has 5 nitrogen and oxygen atoms in total. The molecular weight excluding hydrogens is 264 g/mol. The van der Waals surface area contributed by atoms with E-state index < -0.39 is 0 Å². The van der Waals surface area contributed by atoms with Crippen LogP contribution in [-0.4, -0.2) is 21.7 Å². The number of para-hydroxylation sites is 1. The van der Waals surface area contributed by atoms with Crippen LogP contribution in [0.4, 0.5) is 11.4 Å². The van der Waals surface area contributed by atoms with Crippen LogP contribution in [0.25, 0.3) is 12.2 Å². The van der Waals surface area contributed by atoms with E-state index in [-0.39, 0.29) is 11.9 Å². The molecule has 0 bridgehead atoms. The van der Waals surface area contributed by atoms with Gasteiger partial charge in [-0.1, -0.05) is 24.3 Å². The number of hydrogen-bond donors (Lipinski definition) is 2. The van der Waals surface area contributed by atoms with Crippen molar-refractivity contribution in [3.05, 3.63) is 41.7 Å². The van der Waals surface area contributed by atoms with Crippen molar-refractivity contribution in [2.45, 2.75) is 19.4 Å². The second kappa shape index (κ2) is 5.44. The van der Waals surface area contributed by atoms with Gasteiger partial charge in [0.25, 0.3) is 0 Å². The fourth-order valence-electron chi connectivity index (χ4n) is 2.46. The summed E-state index contributed by atoms with van der Waals surface area (Å²) in [7, 11) is 1.89. The minimum atomic E-state index is 0.0436. The van der Waals surface area contributed by atoms with Gasteiger partial charge < -0.3 is 10.6 Å². The van der Waals surface area contributed by atoms with Gasteiger partial charge in [0.2, 0.25) is 5.91 Å². The van der Waals surface area contributed by atoms with Crippen molar-refractivity contribution < 1.29 is 4.79 Å². The van der Waals surface area contributed by atoms with Crippen molar-refractivity contribution in [3.8, 4) is 0 Å². The molecule has 0 radical (unpaired) electrons. The lowest BCUT2D eigenvalue weighted by molar-refractivity contribution is -0.116. The SMILES string of the molecule is C[C@@H]1CC(=O)Nc2cccc(/C=C/c3cnn(C)c3)c2N1. The van der Waals surface area contributed by atoms with Crippen LogP contribution in [0, 0.1) is 0 Å². The maximum atomic E-state index is 11.8. The minimum absolute atomic E-state index is 0.0436. The number of fused-ring (bicyclic) bond motifs is 1. The average Bonchev–Trinajstić information content (AvgIpc) is 2.77. The predicted octanol–water partition coefficient (Wildman–Crippen LogP) is 2.73. The number of anilines is 2. The van der Waals surface area contributed by atoms with E-state index >= 15 is 0 Å². The van der Waals surface area contributed by atoms with E-state index in [1.54, 1.807) is 4.68 Å². The van der Waals surface area contributed by atoms with E-state index in [0.717, 1.165) is 22.5 Å². The van der Waals surface area contributed by atoms with Crippen molar-refractivity contribution in [2.24, 2.45) is 7.05 Å². The minimum Gasteiger partial charge on any atom is -0.380 e. The molecule has 0 saturated carbocycles. The summed E-state index contributed by atoms with van der Waals surface area (Å²) in [4.78, 5) is 11.8. The highest BCUT2D eigenvalue weighted by Crippen LogP contribution is 2.31. The molecule has 3 rings (SSSR count). The number of rotatable bonds is 2. The summed E-state index contributed by atoms with van der Waals surface area (Å²) in [5.41, 5.74) is 3.89. The summed E-state index contributed by atoms with van der Waals surface area (Å²) < 4.78 is 1.77. The summed E-state index contributed by atoms with van der Waals surface area (Å²) in [5.74, 6) is 0.0436. The first-order valence-corrected chi connectivity index (χ1v) is 6.98. The molecule has 1 aliphatic rings. The standard InChI is InChI=1S/C16H18N4O/c1-11-8-15(21)19-14-5-3-4-13(16(14)18-11)7-6-12-9-17-20(2)10-12/h3-7,9-11,18H,8H2,1-2H3,(H,19,21)/b7-6+/t11-/m1/s1. The molecule has 21 heavy (non-hydrogen) atoms. The topological polar surface area (TPSA) is 59.0 Å². The molecule has 1 aliphatic heterocycles. The molecule has 0 unspecified atom stereocenters. The van der Waals surface area contributed by atoms with Gasteiger partial charge in [-0.2, -0.15) is 5.10 Å². The molecule has 5 heteroatoms. The highest BCUT2D eigenvalue weighted by atomic mass is 16.1. The molecule has 2 N–H and O–H groups in total. The third-order valence-electron chi connectivity index (χ3n) is 3.43. The van der Waals surface area contributed by atoms with Crippen molar-refractivity contribution in [2.75, 3.05) is 10.6 Å². The Kier molecular flexibility index (Phi) is 3.48. The second-order valence-electron chi connectivity index (χ2n) is 5.35. The number of nitrogens with zero attached hydrogens (tertiary/aromatic N) is 2. The van der Waals surface area contributed by atoms with Gasteiger partial charge in [0, 0.05) is 31.3 Å². The van der Waals surface area contributed by atoms with Crippen molar-refractivity contribution in [1.29, 1.82) is 0 Å². The highest BCUT2D eigenvalue weighted by molar-refractivity contribution is 5.98. The number of carbonyl (C=O) groups excluding carboxylic acids is 1. The Morgan fingerprint density at radius 1 is 1.38 bits per heavy atom. The molecule has 1 aromatic heterocycles. The van der Waals surface area contributed by atoms with Crippen LogP contribution in [0.2, 0.25) is 0 Å². The van der Waals surface area contributed by atoms with Crippen LogP contribution >= 0.6 is 0 Å². The second-order valence-corrected chi connectivity index (χ2v) is 5.35. The Balaban J connectivity index is 1.95. The summed E-state index contributed by atoms with van der Waals surface area (Å²) in [6, 6.07) is 6.00. The van der Waals surface area contributed by atoms with E-state index in [1.165, 1.54) is 0 Å². The summed E-state index contributed by atoms with van der Waals surface area (Å²) >= 11 is 0. The van der Waals surface area contributed by atoms with Gasteiger partial charge in [0.1, 0.15) is 0 Å². The van der Waals surface area contributed by atoms with Gasteiger partial charge in [0.15, 0.2) is 0 Å². The van der Waals surface area contributed by atoms with Crippen LogP contribution in [0.1, 0.15) is 24.5 Å². The first kappa shape index (κ1) is 13.4. The van der Waals surface area contributed by atoms with Crippen LogP contribution in [0.15, 0.2) is 30.6 Å². The average molecular weight is 282 g/mol. The molecule has 0 saturated heterocycles. The van der Waals surface area contributed by atoms with Gasteiger partial charge in [-0.3, -0.25) is 9.48 Å². The van der Waals surface area contributed by atoms with E-state index in [2.05, 4.69) is 15.7 Å². The monoisotopic (exact) mass is 282 g/mol. The molecule has 0 aliphatic carbocycles. The Bertz CT molecular complexity index is 702. The van der Waals surface area contributed by atoms with E-state index in [0.29, 0.717) is 6.42 Å². The van der Waals surface area contributed by atoms with Gasteiger partial charge in [-0.15, -0.1) is 0 Å². The van der Waals surface area contributed by atoms with Gasteiger partial charge in [-0.05, 0) is 18.6 Å². The lowest BCUT2D eigenvalue weighted by atomic mass is 10.1. The Hall–Kier alpha value is -2.56.